The van der Waals surface area contributed by atoms with E-state index in [-0.39, 0.29) is 12.1 Å². The molecule has 0 aliphatic carbocycles. The van der Waals surface area contributed by atoms with Crippen LogP contribution in [0.25, 0.3) is 0 Å². The first-order chi connectivity index (χ1) is 9.19. The Morgan fingerprint density at radius 3 is 2.45 bits per heavy atom. The van der Waals surface area contributed by atoms with Crippen LogP contribution >= 0.6 is 15.9 Å². The van der Waals surface area contributed by atoms with Crippen molar-refractivity contribution in [2.75, 3.05) is 13.1 Å². The molecule has 6 heteroatoms. The number of hydrogen-bond donors (Lipinski definition) is 1. The van der Waals surface area contributed by atoms with Gasteiger partial charge in [-0.1, -0.05) is 28.1 Å². The van der Waals surface area contributed by atoms with Crippen molar-refractivity contribution >= 4 is 15.9 Å². The fraction of sp³-hybridized carbons (Fsp3) is 0.571. The minimum absolute atomic E-state index is 0.161. The topological polar surface area (TPSA) is 29.3 Å². The standard InChI is InChI=1S/C14H20BrF3N2/c1-10(2)20(9-14(16,17)18)7-6-13(19)11-4-3-5-12(15)8-11/h3-5,8,10,13H,6-7,9,19H2,1-2H3. The molecule has 0 aliphatic heterocycles. The Labute approximate surface area is 126 Å². The zero-order valence-electron chi connectivity index (χ0n) is 11.6. The van der Waals surface area contributed by atoms with Gasteiger partial charge >= 0.3 is 6.18 Å². The van der Waals surface area contributed by atoms with Gasteiger partial charge < -0.3 is 5.73 Å². The summed E-state index contributed by atoms with van der Waals surface area (Å²) in [5.41, 5.74) is 6.97. The molecule has 0 radical (unpaired) electrons. The highest BCUT2D eigenvalue weighted by Crippen LogP contribution is 2.22. The molecule has 114 valence electrons. The summed E-state index contributed by atoms with van der Waals surface area (Å²) >= 11 is 3.36. The van der Waals surface area contributed by atoms with Crippen LogP contribution in [0.3, 0.4) is 0 Å². The predicted molar refractivity (Wildman–Crippen MR) is 78.5 cm³/mol. The van der Waals surface area contributed by atoms with Gasteiger partial charge in [-0.05, 0) is 38.0 Å². The summed E-state index contributed by atoms with van der Waals surface area (Å²) in [5, 5.41) is 0. The zero-order valence-corrected chi connectivity index (χ0v) is 13.2. The number of nitrogens with zero attached hydrogens (tertiary/aromatic N) is 1. The third kappa shape index (κ3) is 6.24. The molecule has 0 fully saturated rings. The number of halogens is 4. The first kappa shape index (κ1) is 17.5. The van der Waals surface area contributed by atoms with Crippen LogP contribution in [0.1, 0.15) is 31.9 Å². The highest BCUT2D eigenvalue weighted by Gasteiger charge is 2.31. The molecule has 1 atom stereocenters. The van der Waals surface area contributed by atoms with Gasteiger partial charge in [0.05, 0.1) is 6.54 Å². The minimum atomic E-state index is -4.18. The van der Waals surface area contributed by atoms with Crippen molar-refractivity contribution in [3.8, 4) is 0 Å². The number of rotatable bonds is 6. The molecular formula is C14H20BrF3N2. The molecule has 0 heterocycles. The van der Waals surface area contributed by atoms with Gasteiger partial charge in [0.2, 0.25) is 0 Å². The van der Waals surface area contributed by atoms with Crippen molar-refractivity contribution in [2.24, 2.45) is 5.73 Å². The van der Waals surface area contributed by atoms with Crippen molar-refractivity contribution in [1.82, 2.24) is 4.90 Å². The Morgan fingerprint density at radius 1 is 1.30 bits per heavy atom. The lowest BCUT2D eigenvalue weighted by Crippen LogP contribution is -2.40. The highest BCUT2D eigenvalue weighted by atomic mass is 79.9. The Hall–Kier alpha value is -0.590. The molecule has 20 heavy (non-hydrogen) atoms. The first-order valence-electron chi connectivity index (χ1n) is 6.51. The molecule has 0 aromatic heterocycles. The average Bonchev–Trinajstić information content (AvgIpc) is 2.32. The second-order valence-electron chi connectivity index (χ2n) is 5.13. The van der Waals surface area contributed by atoms with Crippen molar-refractivity contribution in [2.45, 2.75) is 38.5 Å². The lowest BCUT2D eigenvalue weighted by atomic mass is 10.0. The molecule has 0 saturated heterocycles. The third-order valence-corrected chi connectivity index (χ3v) is 3.61. The van der Waals surface area contributed by atoms with Crippen LogP contribution in [0.4, 0.5) is 13.2 Å². The quantitative estimate of drug-likeness (QED) is 0.834. The molecule has 0 spiro atoms. The van der Waals surface area contributed by atoms with E-state index in [1.165, 1.54) is 4.90 Å². The second-order valence-corrected chi connectivity index (χ2v) is 6.05. The van der Waals surface area contributed by atoms with E-state index in [1.807, 2.05) is 24.3 Å². The molecule has 2 nitrogen and oxygen atoms in total. The summed E-state index contributed by atoms with van der Waals surface area (Å²) in [7, 11) is 0. The highest BCUT2D eigenvalue weighted by molar-refractivity contribution is 9.10. The largest absolute Gasteiger partial charge is 0.401 e. The lowest BCUT2D eigenvalue weighted by Gasteiger charge is -2.28. The van der Waals surface area contributed by atoms with Crippen molar-refractivity contribution < 1.29 is 13.2 Å². The summed E-state index contributed by atoms with van der Waals surface area (Å²) in [5.74, 6) is 0. The van der Waals surface area contributed by atoms with Crippen molar-refractivity contribution in [3.05, 3.63) is 34.3 Å². The molecule has 0 saturated carbocycles. The maximum absolute atomic E-state index is 12.5. The average molecular weight is 353 g/mol. The van der Waals surface area contributed by atoms with E-state index >= 15 is 0 Å². The van der Waals surface area contributed by atoms with Crippen LogP contribution in [0, 0.1) is 0 Å². The minimum Gasteiger partial charge on any atom is -0.324 e. The van der Waals surface area contributed by atoms with E-state index in [1.54, 1.807) is 13.8 Å². The van der Waals surface area contributed by atoms with Gasteiger partial charge in [-0.25, -0.2) is 0 Å². The van der Waals surface area contributed by atoms with Crippen LogP contribution in [0.2, 0.25) is 0 Å². The molecule has 1 rings (SSSR count). The number of alkyl halides is 3. The maximum Gasteiger partial charge on any atom is 0.401 e. The third-order valence-electron chi connectivity index (χ3n) is 3.12. The Balaban J connectivity index is 2.59. The van der Waals surface area contributed by atoms with Crippen LogP contribution in [0.5, 0.6) is 0 Å². The first-order valence-corrected chi connectivity index (χ1v) is 7.30. The van der Waals surface area contributed by atoms with E-state index in [2.05, 4.69) is 15.9 Å². The summed E-state index contributed by atoms with van der Waals surface area (Å²) < 4.78 is 38.4. The summed E-state index contributed by atoms with van der Waals surface area (Å²) in [6.45, 7) is 2.95. The number of nitrogens with two attached hydrogens (primary N) is 1. The van der Waals surface area contributed by atoms with E-state index in [4.69, 9.17) is 5.73 Å². The van der Waals surface area contributed by atoms with Gasteiger partial charge in [0.25, 0.3) is 0 Å². The zero-order chi connectivity index (χ0) is 15.3. The maximum atomic E-state index is 12.5. The summed E-state index contributed by atoms with van der Waals surface area (Å²) in [6, 6.07) is 7.12. The second kappa shape index (κ2) is 7.43. The van der Waals surface area contributed by atoms with E-state index in [0.717, 1.165) is 10.0 Å². The number of hydrogen-bond acceptors (Lipinski definition) is 2. The van der Waals surface area contributed by atoms with E-state index in [9.17, 15) is 13.2 Å². The smallest absolute Gasteiger partial charge is 0.324 e. The number of benzene rings is 1. The Morgan fingerprint density at radius 2 is 1.95 bits per heavy atom. The molecular weight excluding hydrogens is 333 g/mol. The van der Waals surface area contributed by atoms with Crippen LogP contribution in [0.15, 0.2) is 28.7 Å². The predicted octanol–water partition coefficient (Wildman–Crippen LogP) is 4.11. The van der Waals surface area contributed by atoms with E-state index in [0.29, 0.717) is 13.0 Å². The monoisotopic (exact) mass is 352 g/mol. The summed E-state index contributed by atoms with van der Waals surface area (Å²) in [6.07, 6.45) is -3.69. The van der Waals surface area contributed by atoms with Crippen molar-refractivity contribution in [1.29, 1.82) is 0 Å². The van der Waals surface area contributed by atoms with Gasteiger partial charge in [0.15, 0.2) is 0 Å². The van der Waals surface area contributed by atoms with Crippen LogP contribution in [-0.2, 0) is 0 Å². The molecule has 0 aliphatic rings. The molecule has 2 N–H and O–H groups in total. The lowest BCUT2D eigenvalue weighted by molar-refractivity contribution is -0.149. The van der Waals surface area contributed by atoms with Crippen LogP contribution in [-0.4, -0.2) is 30.2 Å². The molecule has 1 aromatic carbocycles. The van der Waals surface area contributed by atoms with E-state index < -0.39 is 12.7 Å². The molecule has 0 bridgehead atoms. The SMILES string of the molecule is CC(C)N(CCC(N)c1cccc(Br)c1)CC(F)(F)F. The van der Waals surface area contributed by atoms with Gasteiger partial charge in [0.1, 0.15) is 0 Å². The normalized spacial score (nSPS) is 14.1. The molecule has 1 unspecified atom stereocenters. The fourth-order valence-corrected chi connectivity index (χ4v) is 2.38. The Bertz CT molecular complexity index is 421. The van der Waals surface area contributed by atoms with Gasteiger partial charge in [-0.3, -0.25) is 4.90 Å². The molecule has 1 aromatic rings. The Kier molecular flexibility index (Phi) is 6.48. The summed E-state index contributed by atoms with van der Waals surface area (Å²) in [4.78, 5) is 1.40. The fourth-order valence-electron chi connectivity index (χ4n) is 1.96. The van der Waals surface area contributed by atoms with Crippen LogP contribution < -0.4 is 5.73 Å². The van der Waals surface area contributed by atoms with Crippen molar-refractivity contribution in [3.63, 3.8) is 0 Å². The van der Waals surface area contributed by atoms with Gasteiger partial charge in [-0.15, -0.1) is 0 Å². The molecule has 0 amide bonds. The van der Waals surface area contributed by atoms with Gasteiger partial charge in [-0.2, -0.15) is 13.2 Å². The van der Waals surface area contributed by atoms with Gasteiger partial charge in [0, 0.05) is 23.1 Å².